The first-order chi connectivity index (χ1) is 3.31. The fourth-order valence-electron chi connectivity index (χ4n) is 0.402. The Kier molecular flexibility index (Phi) is 5.49. The van der Waals surface area contributed by atoms with Gasteiger partial charge in [-0.3, -0.25) is 0 Å². The molecule has 44 valence electrons. The number of rotatable bonds is 3. The molecule has 0 spiro atoms. The molecule has 0 heterocycles. The second-order valence-electron chi connectivity index (χ2n) is 1.67. The number of hydrogen-bond acceptors (Lipinski definition) is 0. The average molecular weight is 214 g/mol. The van der Waals surface area contributed by atoms with E-state index in [2.05, 4.69) is 20.8 Å². The van der Waals surface area contributed by atoms with Crippen LogP contribution in [0.5, 0.6) is 0 Å². The van der Waals surface area contributed by atoms with Crippen molar-refractivity contribution in [3.8, 4) is 0 Å². The van der Waals surface area contributed by atoms with E-state index in [-0.39, 0.29) is 0 Å². The van der Waals surface area contributed by atoms with Crippen LogP contribution in [0.4, 0.5) is 0 Å². The fourth-order valence-corrected chi connectivity index (χ4v) is 2.70. The molecule has 0 bridgehead atoms. The van der Waals surface area contributed by atoms with E-state index in [9.17, 15) is 0 Å². The minimum atomic E-state index is 0.413. The summed E-state index contributed by atoms with van der Waals surface area (Å²) in [5.41, 5.74) is 0. The van der Waals surface area contributed by atoms with Crippen molar-refractivity contribution in [2.45, 2.75) is 35.6 Å². The van der Waals surface area contributed by atoms with E-state index < -0.39 is 0 Å². The van der Waals surface area contributed by atoms with Gasteiger partial charge in [0.1, 0.15) is 0 Å². The molecular weight excluding hydrogens is 200 g/mol. The van der Waals surface area contributed by atoms with Crippen LogP contribution in [0.3, 0.4) is 0 Å². The molecule has 0 amide bonds. The van der Waals surface area contributed by atoms with Gasteiger partial charge in [0.25, 0.3) is 0 Å². The maximum atomic E-state index is 2.37. The van der Waals surface area contributed by atoms with Crippen LogP contribution in [0.15, 0.2) is 0 Å². The van der Waals surface area contributed by atoms with Gasteiger partial charge >= 0.3 is 56.5 Å². The van der Waals surface area contributed by atoms with Crippen molar-refractivity contribution in [2.24, 2.45) is 0 Å². The van der Waals surface area contributed by atoms with E-state index in [1.54, 1.807) is 0 Å². The maximum absolute atomic E-state index is 2.37. The summed E-state index contributed by atoms with van der Waals surface area (Å²) in [4.78, 5) is 0. The third kappa shape index (κ3) is 4.65. The molecule has 0 aliphatic rings. The second kappa shape index (κ2) is 4.94. The zero-order valence-corrected chi connectivity index (χ0v) is 7.73. The molecule has 0 rings (SSSR count). The summed E-state index contributed by atoms with van der Waals surface area (Å²) >= 11 is 0.413. The van der Waals surface area contributed by atoms with E-state index in [1.807, 2.05) is 0 Å². The Balaban J connectivity index is 2.83. The quantitative estimate of drug-likeness (QED) is 0.632. The summed E-state index contributed by atoms with van der Waals surface area (Å²) in [5, 5.41) is 0. The molecule has 0 nitrogen and oxygen atoms in total. The molecule has 7 heavy (non-hydrogen) atoms. The van der Waals surface area contributed by atoms with Crippen LogP contribution in [0.2, 0.25) is 8.43 Å². The first-order valence-corrected chi connectivity index (χ1v) is 5.92. The van der Waals surface area contributed by atoms with Gasteiger partial charge in [-0.2, -0.15) is 0 Å². The van der Waals surface area contributed by atoms with Gasteiger partial charge < -0.3 is 0 Å². The van der Waals surface area contributed by atoms with Crippen molar-refractivity contribution in [1.82, 2.24) is 0 Å². The van der Waals surface area contributed by atoms with Gasteiger partial charge in [-0.05, 0) is 0 Å². The van der Waals surface area contributed by atoms with E-state index in [4.69, 9.17) is 0 Å². The predicted molar refractivity (Wildman–Crippen MR) is 35.9 cm³/mol. The molecule has 1 heteroatoms. The molecule has 0 aromatic carbocycles. The summed E-state index contributed by atoms with van der Waals surface area (Å²) in [6, 6.07) is 0. The van der Waals surface area contributed by atoms with Crippen LogP contribution in [0, 0.1) is 0 Å². The SMILES string of the molecule is CC[Te]C(C)CC. The van der Waals surface area contributed by atoms with Gasteiger partial charge in [0.2, 0.25) is 0 Å². The Hall–Kier alpha value is 0.790. The third-order valence-corrected chi connectivity index (χ3v) is 4.55. The Morgan fingerprint density at radius 1 is 1.43 bits per heavy atom. The number of hydrogen-bond donors (Lipinski definition) is 0. The van der Waals surface area contributed by atoms with E-state index in [0.29, 0.717) is 20.9 Å². The average Bonchev–Trinajstić information content (AvgIpc) is 1.68. The van der Waals surface area contributed by atoms with Crippen LogP contribution in [0.25, 0.3) is 0 Å². The van der Waals surface area contributed by atoms with Crippen molar-refractivity contribution in [2.75, 3.05) is 0 Å². The normalized spacial score (nSPS) is 14.1. The first kappa shape index (κ1) is 7.79. The fraction of sp³-hybridized carbons (Fsp3) is 1.00. The van der Waals surface area contributed by atoms with Crippen LogP contribution in [-0.4, -0.2) is 20.9 Å². The molecule has 0 aromatic rings. The Bertz CT molecular complexity index is 35.2. The molecule has 1 unspecified atom stereocenters. The van der Waals surface area contributed by atoms with Gasteiger partial charge in [0.05, 0.1) is 0 Å². The first-order valence-electron chi connectivity index (χ1n) is 2.92. The molecule has 0 aliphatic heterocycles. The Morgan fingerprint density at radius 3 is 2.14 bits per heavy atom. The summed E-state index contributed by atoms with van der Waals surface area (Å²) in [6.45, 7) is 6.95. The predicted octanol–water partition coefficient (Wildman–Crippen LogP) is 2.35. The monoisotopic (exact) mass is 216 g/mol. The van der Waals surface area contributed by atoms with Crippen molar-refractivity contribution in [1.29, 1.82) is 0 Å². The standard InChI is InChI=1S/C6H14Te/c1-4-6(3)7-5-2/h6H,4-5H2,1-3H3. The van der Waals surface area contributed by atoms with E-state index in [0.717, 1.165) is 3.97 Å². The molecule has 0 N–H and O–H groups in total. The minimum absolute atomic E-state index is 0.413. The van der Waals surface area contributed by atoms with Gasteiger partial charge in [0, 0.05) is 0 Å². The van der Waals surface area contributed by atoms with Crippen molar-refractivity contribution >= 4 is 20.9 Å². The van der Waals surface area contributed by atoms with E-state index >= 15 is 0 Å². The zero-order chi connectivity index (χ0) is 5.70. The molecule has 0 fully saturated rings. The third-order valence-electron chi connectivity index (χ3n) is 1.03. The van der Waals surface area contributed by atoms with Crippen LogP contribution in [0.1, 0.15) is 27.2 Å². The van der Waals surface area contributed by atoms with Crippen LogP contribution < -0.4 is 0 Å². The summed E-state index contributed by atoms with van der Waals surface area (Å²) in [7, 11) is 0. The molecule has 0 aromatic heterocycles. The van der Waals surface area contributed by atoms with Crippen molar-refractivity contribution in [3.63, 3.8) is 0 Å². The van der Waals surface area contributed by atoms with E-state index in [1.165, 1.54) is 10.9 Å². The second-order valence-corrected chi connectivity index (χ2v) is 6.57. The molecular formula is C6H14Te. The summed E-state index contributed by atoms with van der Waals surface area (Å²) in [5.74, 6) is 0. The van der Waals surface area contributed by atoms with Crippen LogP contribution in [-0.2, 0) is 0 Å². The van der Waals surface area contributed by atoms with Crippen molar-refractivity contribution < 1.29 is 0 Å². The molecule has 0 radical (unpaired) electrons. The molecule has 0 saturated carbocycles. The molecule has 1 atom stereocenters. The molecule has 0 saturated heterocycles. The summed E-state index contributed by atoms with van der Waals surface area (Å²) < 4.78 is 2.55. The molecule has 0 aliphatic carbocycles. The van der Waals surface area contributed by atoms with Gasteiger partial charge in [-0.25, -0.2) is 0 Å². The zero-order valence-electron chi connectivity index (χ0n) is 5.40. The summed E-state index contributed by atoms with van der Waals surface area (Å²) in [6.07, 6.45) is 1.40. The van der Waals surface area contributed by atoms with Gasteiger partial charge in [-0.1, -0.05) is 0 Å². The Morgan fingerprint density at radius 2 is 2.00 bits per heavy atom. The van der Waals surface area contributed by atoms with Crippen LogP contribution >= 0.6 is 0 Å². The van der Waals surface area contributed by atoms with Gasteiger partial charge in [0.15, 0.2) is 0 Å². The topological polar surface area (TPSA) is 0 Å². The Labute approximate surface area is 56.8 Å². The van der Waals surface area contributed by atoms with Gasteiger partial charge in [-0.15, -0.1) is 0 Å². The van der Waals surface area contributed by atoms with Crippen molar-refractivity contribution in [3.05, 3.63) is 0 Å².